The molecule has 0 fully saturated rings. The molecule has 0 N–H and O–H groups in total. The molecule has 0 atom stereocenters. The molecule has 0 aliphatic carbocycles. The molecular formula is C10H11NO4. The first kappa shape index (κ1) is 11.0. The minimum atomic E-state index is -0.502. The predicted molar refractivity (Wildman–Crippen MR) is 55.3 cm³/mol. The van der Waals surface area contributed by atoms with E-state index in [0.29, 0.717) is 5.75 Å². The lowest BCUT2D eigenvalue weighted by atomic mass is 10.3. The van der Waals surface area contributed by atoms with Gasteiger partial charge in [0.15, 0.2) is 0 Å². The summed E-state index contributed by atoms with van der Waals surface area (Å²) in [5, 5.41) is 10.6. The Morgan fingerprint density at radius 1 is 1.60 bits per heavy atom. The molecule has 0 bridgehead atoms. The summed E-state index contributed by atoms with van der Waals surface area (Å²) in [7, 11) is 1.48. The van der Waals surface area contributed by atoms with Crippen LogP contribution in [0.15, 0.2) is 30.9 Å². The molecule has 0 amide bonds. The molecule has 80 valence electrons. The van der Waals surface area contributed by atoms with Crippen LogP contribution in [0.2, 0.25) is 0 Å². The van der Waals surface area contributed by atoms with Gasteiger partial charge in [0.1, 0.15) is 12.4 Å². The van der Waals surface area contributed by atoms with E-state index in [0.717, 1.165) is 0 Å². The minimum Gasteiger partial charge on any atom is -0.497 e. The molecule has 5 heteroatoms. The van der Waals surface area contributed by atoms with Crippen molar-refractivity contribution < 1.29 is 14.4 Å². The van der Waals surface area contributed by atoms with Crippen LogP contribution in [0.1, 0.15) is 0 Å². The number of hydrogen-bond acceptors (Lipinski definition) is 4. The number of nitrogens with zero attached hydrogens (tertiary/aromatic N) is 1. The van der Waals surface area contributed by atoms with Crippen molar-refractivity contribution in [1.82, 2.24) is 0 Å². The molecule has 0 spiro atoms. The Labute approximate surface area is 87.1 Å². The fourth-order valence-corrected chi connectivity index (χ4v) is 1.04. The van der Waals surface area contributed by atoms with Crippen molar-refractivity contribution in [2.24, 2.45) is 0 Å². The summed E-state index contributed by atoms with van der Waals surface area (Å²) in [5.74, 6) is 0.693. The van der Waals surface area contributed by atoms with E-state index in [-0.39, 0.29) is 18.0 Å². The second-order valence-electron chi connectivity index (χ2n) is 2.69. The third kappa shape index (κ3) is 2.70. The van der Waals surface area contributed by atoms with Gasteiger partial charge in [-0.25, -0.2) is 0 Å². The van der Waals surface area contributed by atoms with Gasteiger partial charge in [0.05, 0.1) is 12.0 Å². The van der Waals surface area contributed by atoms with Crippen LogP contribution in [-0.2, 0) is 0 Å². The lowest BCUT2D eigenvalue weighted by molar-refractivity contribution is -0.385. The zero-order valence-corrected chi connectivity index (χ0v) is 8.30. The molecule has 0 saturated heterocycles. The van der Waals surface area contributed by atoms with Crippen molar-refractivity contribution >= 4 is 5.69 Å². The van der Waals surface area contributed by atoms with Crippen molar-refractivity contribution in [3.8, 4) is 11.5 Å². The first-order valence-corrected chi connectivity index (χ1v) is 4.25. The third-order valence-electron chi connectivity index (χ3n) is 1.72. The smallest absolute Gasteiger partial charge is 0.311 e. The van der Waals surface area contributed by atoms with Crippen molar-refractivity contribution in [2.75, 3.05) is 13.7 Å². The number of rotatable bonds is 5. The Morgan fingerprint density at radius 2 is 2.33 bits per heavy atom. The maximum absolute atomic E-state index is 10.6. The summed E-state index contributed by atoms with van der Waals surface area (Å²) in [6.45, 7) is 3.68. The molecule has 0 radical (unpaired) electrons. The highest BCUT2D eigenvalue weighted by Crippen LogP contribution is 2.30. The van der Waals surface area contributed by atoms with E-state index >= 15 is 0 Å². The normalized spacial score (nSPS) is 9.40. The van der Waals surface area contributed by atoms with Crippen LogP contribution in [0, 0.1) is 10.1 Å². The standard InChI is InChI=1S/C10H11NO4/c1-3-6-15-10-7-8(14-2)4-5-9(10)11(12)13/h3-5,7H,1,6H2,2H3. The van der Waals surface area contributed by atoms with Gasteiger partial charge in [-0.3, -0.25) is 10.1 Å². The van der Waals surface area contributed by atoms with Crippen molar-refractivity contribution in [3.05, 3.63) is 41.0 Å². The van der Waals surface area contributed by atoms with Gasteiger partial charge in [-0.1, -0.05) is 12.7 Å². The summed E-state index contributed by atoms with van der Waals surface area (Å²) in [6, 6.07) is 4.33. The Balaban J connectivity index is 3.04. The van der Waals surface area contributed by atoms with Gasteiger partial charge in [0.2, 0.25) is 5.75 Å². The Bertz CT molecular complexity index is 376. The molecule has 5 nitrogen and oxygen atoms in total. The Hall–Kier alpha value is -2.04. The van der Waals surface area contributed by atoms with Crippen molar-refractivity contribution in [2.45, 2.75) is 0 Å². The summed E-state index contributed by atoms with van der Waals surface area (Å²) < 4.78 is 10.1. The zero-order valence-electron chi connectivity index (χ0n) is 8.30. The van der Waals surface area contributed by atoms with E-state index in [1.807, 2.05) is 0 Å². The van der Waals surface area contributed by atoms with Gasteiger partial charge in [0, 0.05) is 12.1 Å². The van der Waals surface area contributed by atoms with Gasteiger partial charge in [0.25, 0.3) is 0 Å². The topological polar surface area (TPSA) is 61.6 Å². The maximum Gasteiger partial charge on any atom is 0.311 e. The molecule has 15 heavy (non-hydrogen) atoms. The third-order valence-corrected chi connectivity index (χ3v) is 1.72. The fourth-order valence-electron chi connectivity index (χ4n) is 1.04. The average molecular weight is 209 g/mol. The molecule has 0 aliphatic heterocycles. The van der Waals surface area contributed by atoms with E-state index in [1.165, 1.54) is 31.4 Å². The van der Waals surface area contributed by atoms with Gasteiger partial charge in [-0.2, -0.15) is 0 Å². The molecule has 1 aromatic rings. The lowest BCUT2D eigenvalue weighted by Gasteiger charge is -2.06. The number of nitro benzene ring substituents is 1. The number of methoxy groups -OCH3 is 1. The van der Waals surface area contributed by atoms with Gasteiger partial charge in [-0.15, -0.1) is 0 Å². The van der Waals surface area contributed by atoms with Gasteiger partial charge in [-0.05, 0) is 6.07 Å². The largest absolute Gasteiger partial charge is 0.497 e. The van der Waals surface area contributed by atoms with E-state index in [4.69, 9.17) is 9.47 Å². The molecule has 1 aromatic carbocycles. The summed E-state index contributed by atoms with van der Waals surface area (Å²) in [5.41, 5.74) is -0.0855. The predicted octanol–water partition coefficient (Wildman–Crippen LogP) is 2.17. The molecule has 0 unspecified atom stereocenters. The van der Waals surface area contributed by atoms with Crippen LogP contribution in [0.3, 0.4) is 0 Å². The highest BCUT2D eigenvalue weighted by molar-refractivity contribution is 5.50. The Morgan fingerprint density at radius 3 is 2.87 bits per heavy atom. The minimum absolute atomic E-state index is 0.0855. The number of benzene rings is 1. The summed E-state index contributed by atoms with van der Waals surface area (Å²) in [4.78, 5) is 10.1. The van der Waals surface area contributed by atoms with Crippen molar-refractivity contribution in [1.29, 1.82) is 0 Å². The monoisotopic (exact) mass is 209 g/mol. The summed E-state index contributed by atoms with van der Waals surface area (Å²) >= 11 is 0. The number of ether oxygens (including phenoxy) is 2. The molecule has 0 heterocycles. The summed E-state index contributed by atoms with van der Waals surface area (Å²) in [6.07, 6.45) is 1.52. The zero-order chi connectivity index (χ0) is 11.3. The molecule has 0 saturated carbocycles. The lowest BCUT2D eigenvalue weighted by Crippen LogP contribution is -1.98. The SMILES string of the molecule is C=CCOc1cc(OC)ccc1[N+](=O)[O-]. The van der Waals surface area contributed by atoms with Crippen LogP contribution in [0.4, 0.5) is 5.69 Å². The van der Waals surface area contributed by atoms with Crippen LogP contribution < -0.4 is 9.47 Å². The van der Waals surface area contributed by atoms with Crippen LogP contribution in [0.5, 0.6) is 11.5 Å². The number of nitro groups is 1. The van der Waals surface area contributed by atoms with E-state index in [2.05, 4.69) is 6.58 Å². The molecule has 1 rings (SSSR count). The van der Waals surface area contributed by atoms with Crippen LogP contribution in [-0.4, -0.2) is 18.6 Å². The highest BCUT2D eigenvalue weighted by Gasteiger charge is 2.15. The van der Waals surface area contributed by atoms with Crippen LogP contribution >= 0.6 is 0 Å². The maximum atomic E-state index is 10.6. The van der Waals surface area contributed by atoms with Gasteiger partial charge >= 0.3 is 5.69 Å². The van der Waals surface area contributed by atoms with Gasteiger partial charge < -0.3 is 9.47 Å². The highest BCUT2D eigenvalue weighted by atomic mass is 16.6. The van der Waals surface area contributed by atoms with E-state index in [9.17, 15) is 10.1 Å². The second-order valence-corrected chi connectivity index (χ2v) is 2.69. The average Bonchev–Trinajstić information content (AvgIpc) is 2.25. The van der Waals surface area contributed by atoms with E-state index < -0.39 is 4.92 Å². The fraction of sp³-hybridized carbons (Fsp3) is 0.200. The molecular weight excluding hydrogens is 198 g/mol. The number of hydrogen-bond donors (Lipinski definition) is 0. The van der Waals surface area contributed by atoms with Crippen LogP contribution in [0.25, 0.3) is 0 Å². The second kappa shape index (κ2) is 4.99. The van der Waals surface area contributed by atoms with E-state index in [1.54, 1.807) is 0 Å². The first-order valence-electron chi connectivity index (χ1n) is 4.25. The quantitative estimate of drug-likeness (QED) is 0.423. The Kier molecular flexibility index (Phi) is 3.68. The molecule has 0 aromatic heterocycles. The first-order chi connectivity index (χ1) is 7.19. The molecule has 0 aliphatic rings. The van der Waals surface area contributed by atoms with Crippen molar-refractivity contribution in [3.63, 3.8) is 0 Å².